The number of carbonyl (C=O) groups excluding carboxylic acids is 2. The molecule has 27 heavy (non-hydrogen) atoms. The van der Waals surface area contributed by atoms with Crippen molar-refractivity contribution in [1.82, 2.24) is 24.8 Å². The average molecular weight is 361 g/mol. The van der Waals surface area contributed by atoms with Crippen molar-refractivity contribution in [3.63, 3.8) is 0 Å². The summed E-state index contributed by atoms with van der Waals surface area (Å²) in [6, 6.07) is 13.1. The molecule has 136 valence electrons. The number of benzene rings is 1. The summed E-state index contributed by atoms with van der Waals surface area (Å²) in [7, 11) is 0. The quantitative estimate of drug-likeness (QED) is 0.773. The van der Waals surface area contributed by atoms with E-state index in [4.69, 9.17) is 0 Å². The molecule has 0 radical (unpaired) electrons. The molecule has 3 heterocycles. The number of pyridine rings is 1. The number of nitrogens with zero attached hydrogens (tertiary/aromatic N) is 4. The van der Waals surface area contributed by atoms with Gasteiger partial charge in [0.2, 0.25) is 11.8 Å². The van der Waals surface area contributed by atoms with E-state index in [0.717, 1.165) is 16.8 Å². The molecule has 4 rings (SSSR count). The number of amides is 2. The fourth-order valence-corrected chi connectivity index (χ4v) is 3.35. The van der Waals surface area contributed by atoms with E-state index in [2.05, 4.69) is 15.5 Å². The van der Waals surface area contributed by atoms with Crippen LogP contribution >= 0.6 is 0 Å². The van der Waals surface area contributed by atoms with Crippen molar-refractivity contribution in [2.24, 2.45) is 0 Å². The Bertz CT molecular complexity index is 1040. The molecule has 0 bridgehead atoms. The van der Waals surface area contributed by atoms with Crippen molar-refractivity contribution in [2.75, 3.05) is 0 Å². The highest BCUT2D eigenvalue weighted by atomic mass is 16.2. The molecule has 2 amide bonds. The normalized spacial score (nSPS) is 15.6. The van der Waals surface area contributed by atoms with Gasteiger partial charge >= 0.3 is 0 Å². The topological polar surface area (TPSA) is 79.6 Å². The second kappa shape index (κ2) is 7.03. The molecule has 1 atom stereocenters. The van der Waals surface area contributed by atoms with Gasteiger partial charge in [-0.1, -0.05) is 30.3 Å². The predicted molar refractivity (Wildman–Crippen MR) is 100 cm³/mol. The second-order valence-corrected chi connectivity index (χ2v) is 6.41. The zero-order chi connectivity index (χ0) is 18.8. The minimum Gasteiger partial charge on any atom is -0.349 e. The van der Waals surface area contributed by atoms with Crippen LogP contribution in [0.1, 0.15) is 36.3 Å². The molecule has 1 N–H and O–H groups in total. The Hall–Kier alpha value is -3.48. The maximum Gasteiger partial charge on any atom is 0.223 e. The Morgan fingerprint density at radius 3 is 2.78 bits per heavy atom. The van der Waals surface area contributed by atoms with E-state index in [0.29, 0.717) is 5.82 Å². The van der Waals surface area contributed by atoms with Crippen LogP contribution in [0.15, 0.2) is 54.9 Å². The Balaban J connectivity index is 1.49. The largest absolute Gasteiger partial charge is 0.349 e. The molecule has 1 aromatic carbocycles. The van der Waals surface area contributed by atoms with Crippen molar-refractivity contribution >= 4 is 23.5 Å². The summed E-state index contributed by atoms with van der Waals surface area (Å²) in [5, 5.41) is 11.1. The fourth-order valence-electron chi connectivity index (χ4n) is 3.35. The molecule has 1 aliphatic rings. The predicted octanol–water partition coefficient (Wildman–Crippen LogP) is 2.31. The van der Waals surface area contributed by atoms with Crippen LogP contribution in [-0.4, -0.2) is 31.3 Å². The monoisotopic (exact) mass is 361 g/mol. The maximum absolute atomic E-state index is 12.6. The van der Waals surface area contributed by atoms with Crippen molar-refractivity contribution in [3.8, 4) is 0 Å². The number of hydrogen-bond acceptors (Lipinski definition) is 4. The van der Waals surface area contributed by atoms with Gasteiger partial charge < -0.3 is 10.2 Å². The Morgan fingerprint density at radius 1 is 1.11 bits per heavy atom. The van der Waals surface area contributed by atoms with Gasteiger partial charge in [0.1, 0.15) is 0 Å². The lowest BCUT2D eigenvalue weighted by Crippen LogP contribution is -2.35. The fraction of sp³-hybridized carbons (Fsp3) is 0.200. The van der Waals surface area contributed by atoms with Crippen LogP contribution in [0.3, 0.4) is 0 Å². The minimum atomic E-state index is -0.321. The number of fused-ring (bicyclic) bond motifs is 2. The third-order valence-corrected chi connectivity index (χ3v) is 4.68. The second-order valence-electron chi connectivity index (χ2n) is 6.41. The summed E-state index contributed by atoms with van der Waals surface area (Å²) in [6.45, 7) is 1.78. The average Bonchev–Trinajstić information content (AvgIpc) is 3.09. The summed E-state index contributed by atoms with van der Waals surface area (Å²) in [6.07, 6.45) is 5.68. The van der Waals surface area contributed by atoms with E-state index < -0.39 is 0 Å². The van der Waals surface area contributed by atoms with Gasteiger partial charge in [-0.15, -0.1) is 10.2 Å². The first-order valence-corrected chi connectivity index (χ1v) is 8.75. The maximum atomic E-state index is 12.6. The van der Waals surface area contributed by atoms with Gasteiger partial charge in [0.25, 0.3) is 0 Å². The number of aromatic nitrogens is 3. The molecule has 1 unspecified atom stereocenters. The van der Waals surface area contributed by atoms with Crippen LogP contribution in [0.25, 0.3) is 11.7 Å². The van der Waals surface area contributed by atoms with E-state index >= 15 is 0 Å². The first-order chi connectivity index (χ1) is 13.1. The van der Waals surface area contributed by atoms with Gasteiger partial charge in [0.15, 0.2) is 11.5 Å². The van der Waals surface area contributed by atoms with Crippen LogP contribution in [-0.2, 0) is 16.1 Å². The summed E-state index contributed by atoms with van der Waals surface area (Å²) >= 11 is 0. The standard InChI is InChI=1S/C20H19N5O2/c1-14(26)24-11-9-15-6-2-3-7-16(15)17(24)12-20(27)21-13-19-23-22-18-8-4-5-10-25(18)19/h2-11,17H,12-13H2,1H3,(H,21,27). The molecule has 2 aromatic heterocycles. The molecule has 0 aliphatic carbocycles. The highest BCUT2D eigenvalue weighted by Gasteiger charge is 2.28. The molecule has 1 aliphatic heterocycles. The lowest BCUT2D eigenvalue weighted by molar-refractivity contribution is -0.130. The van der Waals surface area contributed by atoms with E-state index in [1.54, 1.807) is 11.1 Å². The number of rotatable bonds is 4. The molecule has 0 saturated heterocycles. The molecule has 0 saturated carbocycles. The van der Waals surface area contributed by atoms with Crippen LogP contribution < -0.4 is 5.32 Å². The Kier molecular flexibility index (Phi) is 4.42. The van der Waals surface area contributed by atoms with Gasteiger partial charge in [0, 0.05) is 19.3 Å². The smallest absolute Gasteiger partial charge is 0.223 e. The zero-order valence-corrected chi connectivity index (χ0v) is 14.9. The van der Waals surface area contributed by atoms with E-state index in [1.807, 2.05) is 59.1 Å². The lowest BCUT2D eigenvalue weighted by Gasteiger charge is -2.32. The number of hydrogen-bond donors (Lipinski definition) is 1. The first-order valence-electron chi connectivity index (χ1n) is 8.75. The molecule has 0 fully saturated rings. The Morgan fingerprint density at radius 2 is 1.93 bits per heavy atom. The van der Waals surface area contributed by atoms with Crippen LogP contribution in [0.5, 0.6) is 0 Å². The van der Waals surface area contributed by atoms with Crippen molar-refractivity contribution < 1.29 is 9.59 Å². The summed E-state index contributed by atoms with van der Waals surface area (Å²) in [4.78, 5) is 26.2. The number of nitrogens with one attached hydrogen (secondary N) is 1. The highest BCUT2D eigenvalue weighted by molar-refractivity contribution is 5.81. The van der Waals surface area contributed by atoms with Crippen LogP contribution in [0, 0.1) is 0 Å². The molecule has 3 aromatic rings. The zero-order valence-electron chi connectivity index (χ0n) is 14.9. The molecule has 7 nitrogen and oxygen atoms in total. The van der Waals surface area contributed by atoms with Crippen LogP contribution in [0.2, 0.25) is 0 Å². The van der Waals surface area contributed by atoms with Crippen LogP contribution in [0.4, 0.5) is 0 Å². The molecular formula is C20H19N5O2. The van der Waals surface area contributed by atoms with E-state index in [9.17, 15) is 9.59 Å². The highest BCUT2D eigenvalue weighted by Crippen LogP contribution is 2.32. The molecular weight excluding hydrogens is 342 g/mol. The van der Waals surface area contributed by atoms with Crippen molar-refractivity contribution in [3.05, 3.63) is 71.8 Å². The van der Waals surface area contributed by atoms with Gasteiger partial charge in [-0.25, -0.2) is 0 Å². The molecule has 0 spiro atoms. The van der Waals surface area contributed by atoms with Crippen molar-refractivity contribution in [1.29, 1.82) is 0 Å². The molecule has 7 heteroatoms. The van der Waals surface area contributed by atoms with Gasteiger partial charge in [0.05, 0.1) is 19.0 Å². The van der Waals surface area contributed by atoms with Gasteiger partial charge in [-0.2, -0.15) is 0 Å². The number of carbonyl (C=O) groups is 2. The summed E-state index contributed by atoms with van der Waals surface area (Å²) in [5.41, 5.74) is 2.73. The minimum absolute atomic E-state index is 0.0954. The Labute approximate surface area is 156 Å². The SMILES string of the molecule is CC(=O)N1C=Cc2ccccc2C1CC(=O)NCc1nnc2ccccn12. The van der Waals surface area contributed by atoms with E-state index in [1.165, 1.54) is 6.92 Å². The lowest BCUT2D eigenvalue weighted by atomic mass is 9.93. The van der Waals surface area contributed by atoms with Gasteiger partial charge in [-0.05, 0) is 29.3 Å². The van der Waals surface area contributed by atoms with E-state index in [-0.39, 0.29) is 30.8 Å². The third-order valence-electron chi connectivity index (χ3n) is 4.68. The summed E-state index contributed by atoms with van der Waals surface area (Å²) in [5.74, 6) is 0.414. The van der Waals surface area contributed by atoms with Crippen molar-refractivity contribution in [2.45, 2.75) is 25.9 Å². The third kappa shape index (κ3) is 3.31. The summed E-state index contributed by atoms with van der Waals surface area (Å²) < 4.78 is 1.83. The first kappa shape index (κ1) is 17.0. The van der Waals surface area contributed by atoms with Gasteiger partial charge in [-0.3, -0.25) is 14.0 Å².